The van der Waals surface area contributed by atoms with Crippen molar-refractivity contribution in [1.82, 2.24) is 0 Å². The molecule has 0 radical (unpaired) electrons. The van der Waals surface area contributed by atoms with Gasteiger partial charge in [-0.1, -0.05) is 246 Å². The van der Waals surface area contributed by atoms with E-state index in [0.717, 1.165) is 135 Å². The second-order valence-electron chi connectivity index (χ2n) is 21.9. The maximum Gasteiger partial charge on any atom is 0.472 e. The van der Waals surface area contributed by atoms with Crippen LogP contribution in [0.2, 0.25) is 0 Å². The van der Waals surface area contributed by atoms with Crippen molar-refractivity contribution >= 4 is 25.7 Å². The molecule has 0 aliphatic rings. The number of rotatable bonds is 61. The van der Waals surface area contributed by atoms with Crippen molar-refractivity contribution < 1.29 is 52.2 Å². The summed E-state index contributed by atoms with van der Waals surface area (Å²) in [4.78, 5) is 48.8. The quantitative estimate of drug-likeness (QED) is 0.0197. The summed E-state index contributed by atoms with van der Waals surface area (Å²) < 4.78 is 39.7. The summed E-state index contributed by atoms with van der Waals surface area (Å²) in [5.41, 5.74) is 0. The van der Waals surface area contributed by atoms with Gasteiger partial charge in [0, 0.05) is 19.3 Å². The fourth-order valence-corrected chi connectivity index (χ4v) is 9.72. The zero-order chi connectivity index (χ0) is 59.8. The van der Waals surface area contributed by atoms with Gasteiger partial charge in [-0.05, 0) is 122 Å². The Labute approximate surface area is 502 Å². The zero-order valence-corrected chi connectivity index (χ0v) is 53.3. The van der Waals surface area contributed by atoms with Crippen molar-refractivity contribution in [2.24, 2.45) is 0 Å². The van der Waals surface area contributed by atoms with Gasteiger partial charge in [-0.25, -0.2) is 4.57 Å². The van der Waals surface area contributed by atoms with Gasteiger partial charge in [0.05, 0.1) is 19.8 Å². The Morgan fingerprint density at radius 2 is 0.634 bits per heavy atom. The number of carbonyl (C=O) groups excluding carboxylic acids is 3. The molecule has 0 heterocycles. The molecule has 3 atom stereocenters. The van der Waals surface area contributed by atoms with Crippen LogP contribution in [0.15, 0.2) is 97.2 Å². The van der Waals surface area contributed by atoms with E-state index in [4.69, 9.17) is 23.3 Å². The second-order valence-corrected chi connectivity index (χ2v) is 23.3. The van der Waals surface area contributed by atoms with Crippen molar-refractivity contribution in [3.63, 3.8) is 0 Å². The first-order valence-electron chi connectivity index (χ1n) is 33.1. The predicted octanol–water partition coefficient (Wildman–Crippen LogP) is 20.4. The van der Waals surface area contributed by atoms with Crippen LogP contribution in [-0.4, -0.2) is 66.5 Å². The van der Waals surface area contributed by atoms with Crippen LogP contribution in [0.1, 0.15) is 290 Å². The summed E-state index contributed by atoms with van der Waals surface area (Å²) in [6.45, 7) is 4.49. The number of carbonyl (C=O) groups is 3. The van der Waals surface area contributed by atoms with E-state index in [0.29, 0.717) is 19.3 Å². The van der Waals surface area contributed by atoms with Crippen molar-refractivity contribution in [1.29, 1.82) is 0 Å². The Bertz CT molecular complexity index is 1750. The van der Waals surface area contributed by atoms with Gasteiger partial charge in [0.2, 0.25) is 0 Å². The number of ether oxygens (including phenoxy) is 3. The highest BCUT2D eigenvalue weighted by atomic mass is 31.2. The predicted molar refractivity (Wildman–Crippen MR) is 344 cm³/mol. The van der Waals surface area contributed by atoms with Gasteiger partial charge in [-0.15, -0.1) is 0 Å². The van der Waals surface area contributed by atoms with E-state index in [2.05, 4.69) is 118 Å². The molecule has 0 saturated carbocycles. The maximum absolute atomic E-state index is 13.0. The van der Waals surface area contributed by atoms with Crippen molar-refractivity contribution in [3.8, 4) is 0 Å². The fourth-order valence-electron chi connectivity index (χ4n) is 8.94. The largest absolute Gasteiger partial charge is 0.472 e. The number of hydrogen-bond donors (Lipinski definition) is 2. The third-order valence-electron chi connectivity index (χ3n) is 14.0. The lowest BCUT2D eigenvalue weighted by Gasteiger charge is -2.21. The second kappa shape index (κ2) is 63.4. The van der Waals surface area contributed by atoms with Gasteiger partial charge in [0.1, 0.15) is 12.7 Å². The van der Waals surface area contributed by atoms with Gasteiger partial charge in [-0.2, -0.15) is 0 Å². The van der Waals surface area contributed by atoms with E-state index < -0.39 is 57.8 Å². The number of esters is 3. The fraction of sp³-hybridized carbons (Fsp3) is 0.729. The Morgan fingerprint density at radius 1 is 0.354 bits per heavy atom. The number of allylic oxidation sites excluding steroid dienone is 16. The number of unbranched alkanes of at least 4 members (excludes halogenated alkanes) is 28. The molecule has 0 amide bonds. The first-order valence-corrected chi connectivity index (χ1v) is 34.6. The van der Waals surface area contributed by atoms with Gasteiger partial charge >= 0.3 is 25.7 Å². The van der Waals surface area contributed by atoms with Crippen LogP contribution in [0.3, 0.4) is 0 Å². The van der Waals surface area contributed by atoms with Crippen molar-refractivity contribution in [2.75, 3.05) is 26.4 Å². The Hall–Kier alpha value is -3.60. The lowest BCUT2D eigenvalue weighted by Crippen LogP contribution is -2.30. The van der Waals surface area contributed by atoms with Crippen LogP contribution < -0.4 is 0 Å². The van der Waals surface area contributed by atoms with Crippen LogP contribution in [0, 0.1) is 0 Å². The summed E-state index contributed by atoms with van der Waals surface area (Å²) in [5, 5.41) is 9.87. The average Bonchev–Trinajstić information content (AvgIpc) is 3.47. The van der Waals surface area contributed by atoms with Crippen molar-refractivity contribution in [2.45, 2.75) is 303 Å². The smallest absolute Gasteiger partial charge is 0.462 e. The summed E-state index contributed by atoms with van der Waals surface area (Å²) in [6, 6.07) is 0. The molecule has 0 aromatic heterocycles. The lowest BCUT2D eigenvalue weighted by molar-refractivity contribution is -0.161. The molecule has 0 saturated heterocycles. The Balaban J connectivity index is 4.73. The molecule has 0 aliphatic heterocycles. The van der Waals surface area contributed by atoms with E-state index in [1.807, 2.05) is 0 Å². The van der Waals surface area contributed by atoms with Crippen LogP contribution in [0.25, 0.3) is 0 Å². The molecule has 3 unspecified atom stereocenters. The number of phosphoric ester groups is 1. The monoisotopic (exact) mass is 1170 g/mol. The number of phosphoric acid groups is 1. The molecule has 0 rings (SSSR count). The SMILES string of the molecule is CC/C=C\C/C=C\C/C=C\C/C=C\CCCCCCCCC(=O)OCC(COP(=O)(O)OCC(CO)OC(=O)CCCCCCCCC/C=C\C/C=C\CCCCC)OC(=O)CCCCCCCCCCC/C=C\C/C=C\CCCCC. The number of aliphatic hydroxyl groups excluding tert-OH is 1. The van der Waals surface area contributed by atoms with E-state index >= 15 is 0 Å². The van der Waals surface area contributed by atoms with Gasteiger partial charge in [0.15, 0.2) is 6.10 Å². The Kier molecular flexibility index (Phi) is 60.6. The highest BCUT2D eigenvalue weighted by molar-refractivity contribution is 7.47. The third kappa shape index (κ3) is 61.0. The van der Waals surface area contributed by atoms with Crippen LogP contribution >= 0.6 is 7.82 Å². The highest BCUT2D eigenvalue weighted by Crippen LogP contribution is 2.43. The summed E-state index contributed by atoms with van der Waals surface area (Å²) >= 11 is 0. The third-order valence-corrected chi connectivity index (χ3v) is 14.9. The van der Waals surface area contributed by atoms with Crippen LogP contribution in [0.4, 0.5) is 0 Å². The van der Waals surface area contributed by atoms with Crippen molar-refractivity contribution in [3.05, 3.63) is 97.2 Å². The molecule has 0 aromatic rings. The maximum atomic E-state index is 13.0. The van der Waals surface area contributed by atoms with Crippen LogP contribution in [-0.2, 0) is 42.2 Å². The molecule has 12 heteroatoms. The summed E-state index contributed by atoms with van der Waals surface area (Å²) in [5.74, 6) is -1.49. The lowest BCUT2D eigenvalue weighted by atomic mass is 10.1. The average molecular weight is 1170 g/mol. The minimum absolute atomic E-state index is 0.156. The minimum Gasteiger partial charge on any atom is -0.462 e. The summed E-state index contributed by atoms with van der Waals surface area (Å²) in [7, 11) is -4.77. The first kappa shape index (κ1) is 78.4. The molecule has 0 spiro atoms. The molecule has 11 nitrogen and oxygen atoms in total. The Morgan fingerprint density at radius 3 is 0.976 bits per heavy atom. The van der Waals surface area contributed by atoms with E-state index in [-0.39, 0.29) is 25.9 Å². The first-order chi connectivity index (χ1) is 40.2. The molecule has 2 N–H and O–H groups in total. The summed E-state index contributed by atoms with van der Waals surface area (Å²) in [6.07, 6.45) is 76.3. The van der Waals surface area contributed by atoms with Crippen LogP contribution in [0.5, 0.6) is 0 Å². The highest BCUT2D eigenvalue weighted by Gasteiger charge is 2.28. The van der Waals surface area contributed by atoms with Gasteiger partial charge in [-0.3, -0.25) is 23.4 Å². The molecular weight excluding hydrogens is 1050 g/mol. The van der Waals surface area contributed by atoms with E-state index in [1.54, 1.807) is 0 Å². The molecule has 0 aliphatic carbocycles. The normalized spacial score (nSPS) is 13.9. The topological polar surface area (TPSA) is 155 Å². The molecule has 472 valence electrons. The standard InChI is InChI=1S/C70H121O11P/c1-4-7-10-13-16-19-22-25-28-31-33-36-38-41-44-47-50-53-56-59-68(72)77-63-67(81-70(74)61-58-55-52-49-46-43-40-37-34-32-29-26-23-20-17-14-11-8-5-2)65-79-82(75,76)78-64-66(62-71)80-69(73)60-57-54-51-48-45-42-39-35-30-27-24-21-18-15-12-9-6-3/h7,10,16-21,25-30,33,36,66-67,71H,4-6,8-9,11-15,22-24,31-32,34-35,37-65H2,1-3H3,(H,75,76)/b10-7-,19-16-,20-17-,21-18-,28-25-,29-26-,30-27-,36-33-. The molecular formula is C70H121O11P. The number of aliphatic hydroxyl groups is 1. The number of hydrogen-bond acceptors (Lipinski definition) is 10. The van der Waals surface area contributed by atoms with E-state index in [1.165, 1.54) is 96.3 Å². The molecule has 82 heavy (non-hydrogen) atoms. The van der Waals surface area contributed by atoms with Gasteiger partial charge in [0.25, 0.3) is 0 Å². The zero-order valence-electron chi connectivity index (χ0n) is 52.4. The van der Waals surface area contributed by atoms with Gasteiger partial charge < -0.3 is 24.2 Å². The molecule has 0 bridgehead atoms. The molecule has 0 fully saturated rings. The minimum atomic E-state index is -4.77. The molecule has 0 aromatic carbocycles. The van der Waals surface area contributed by atoms with E-state index in [9.17, 15) is 28.9 Å².